The van der Waals surface area contributed by atoms with E-state index in [2.05, 4.69) is 10.1 Å². The normalized spacial score (nSPS) is 19.8. The van der Waals surface area contributed by atoms with Crippen LogP contribution in [0.2, 0.25) is 0 Å². The Morgan fingerprint density at radius 2 is 2.04 bits per heavy atom. The molecule has 0 unspecified atom stereocenters. The Hall–Kier alpha value is -2.49. The van der Waals surface area contributed by atoms with E-state index in [1.807, 2.05) is 30.3 Å². The van der Waals surface area contributed by atoms with Crippen LogP contribution in [0.3, 0.4) is 0 Å². The number of hydrogen-bond acceptors (Lipinski definition) is 7. The average Bonchev–Trinajstić information content (AvgIpc) is 3.25. The van der Waals surface area contributed by atoms with Gasteiger partial charge in [-0.05, 0) is 6.92 Å². The minimum Gasteiger partial charge on any atom is -0.467 e. The highest BCUT2D eigenvalue weighted by atomic mass is 35.5. The van der Waals surface area contributed by atoms with Crippen molar-refractivity contribution >= 4 is 24.3 Å². The van der Waals surface area contributed by atoms with Crippen LogP contribution < -0.4 is 5.73 Å². The fourth-order valence-corrected chi connectivity index (χ4v) is 3.18. The zero-order valence-electron chi connectivity index (χ0n) is 15.7. The van der Waals surface area contributed by atoms with Crippen molar-refractivity contribution in [2.45, 2.75) is 38.1 Å². The third kappa shape index (κ3) is 4.49. The number of hydrogen-bond donors (Lipinski definition) is 2. The van der Waals surface area contributed by atoms with Crippen molar-refractivity contribution in [3.63, 3.8) is 0 Å². The molecule has 1 aromatic carbocycles. The topological polar surface area (TPSA) is 124 Å². The lowest BCUT2D eigenvalue weighted by Crippen LogP contribution is -2.43. The van der Waals surface area contributed by atoms with E-state index < -0.39 is 24.2 Å². The van der Waals surface area contributed by atoms with Gasteiger partial charge in [0.25, 0.3) is 0 Å². The van der Waals surface area contributed by atoms with Gasteiger partial charge >= 0.3 is 5.97 Å². The molecular formula is C18H24ClN5O4. The number of nitrogens with zero attached hydrogens (tertiary/aromatic N) is 4. The van der Waals surface area contributed by atoms with Crippen molar-refractivity contribution < 1.29 is 19.4 Å². The van der Waals surface area contributed by atoms with Gasteiger partial charge in [-0.3, -0.25) is 4.79 Å². The molecule has 3 rings (SSSR count). The van der Waals surface area contributed by atoms with Gasteiger partial charge < -0.3 is 20.5 Å². The summed E-state index contributed by atoms with van der Waals surface area (Å²) in [6.07, 6.45) is -0.605. The number of aliphatic hydroxyl groups is 1. The van der Waals surface area contributed by atoms with Gasteiger partial charge in [0.15, 0.2) is 5.82 Å². The predicted molar refractivity (Wildman–Crippen MR) is 103 cm³/mol. The Kier molecular flexibility index (Phi) is 7.11. The maximum Gasteiger partial charge on any atom is 0.328 e. The van der Waals surface area contributed by atoms with Gasteiger partial charge in [-0.15, -0.1) is 12.4 Å². The standard InChI is InChI=1S/C18H23N5O4.ClH/c1-11(19)17-20-16(12-6-4-3-5-7-12)21-23(17)10-15(25)22-9-13(24)8-14(22)18(26)27-2;/h3-7,11,13-14,24H,8-10,19H2,1-2H3;1H/t11-,13+,14-;/m0./s1. The van der Waals surface area contributed by atoms with Crippen LogP contribution in [0.5, 0.6) is 0 Å². The predicted octanol–water partition coefficient (Wildman–Crippen LogP) is 0.521. The van der Waals surface area contributed by atoms with Crippen LogP contribution in [0.4, 0.5) is 0 Å². The second-order valence-corrected chi connectivity index (χ2v) is 6.58. The number of esters is 1. The minimum atomic E-state index is -0.798. The van der Waals surface area contributed by atoms with E-state index in [1.165, 1.54) is 16.7 Å². The molecule has 1 aliphatic heterocycles. The van der Waals surface area contributed by atoms with E-state index in [4.69, 9.17) is 10.5 Å². The number of methoxy groups -OCH3 is 1. The van der Waals surface area contributed by atoms with Crippen LogP contribution in [0.15, 0.2) is 30.3 Å². The molecule has 1 amide bonds. The molecule has 1 fully saturated rings. The van der Waals surface area contributed by atoms with Crippen molar-refractivity contribution in [2.24, 2.45) is 5.73 Å². The molecule has 0 saturated carbocycles. The lowest BCUT2D eigenvalue weighted by Gasteiger charge is -2.22. The number of aromatic nitrogens is 3. The van der Waals surface area contributed by atoms with Crippen LogP contribution in [-0.4, -0.2) is 62.4 Å². The third-order valence-corrected chi connectivity index (χ3v) is 4.50. The summed E-state index contributed by atoms with van der Waals surface area (Å²) in [5.41, 5.74) is 6.81. The molecule has 9 nitrogen and oxygen atoms in total. The Morgan fingerprint density at radius 3 is 2.64 bits per heavy atom. The van der Waals surface area contributed by atoms with Gasteiger partial charge in [-0.25, -0.2) is 14.5 Å². The van der Waals surface area contributed by atoms with Crippen LogP contribution >= 0.6 is 12.4 Å². The number of nitrogens with two attached hydrogens (primary N) is 1. The minimum absolute atomic E-state index is 0. The summed E-state index contributed by atoms with van der Waals surface area (Å²) in [7, 11) is 1.26. The van der Waals surface area contributed by atoms with Crippen molar-refractivity contribution in [1.29, 1.82) is 0 Å². The molecular weight excluding hydrogens is 386 g/mol. The van der Waals surface area contributed by atoms with Crippen molar-refractivity contribution in [3.8, 4) is 11.4 Å². The van der Waals surface area contributed by atoms with Gasteiger partial charge in [-0.2, -0.15) is 5.10 Å². The Morgan fingerprint density at radius 1 is 1.36 bits per heavy atom. The van der Waals surface area contributed by atoms with Gasteiger partial charge in [0.2, 0.25) is 5.91 Å². The van der Waals surface area contributed by atoms with Crippen LogP contribution in [-0.2, 0) is 20.9 Å². The number of aliphatic hydroxyl groups excluding tert-OH is 1. The molecule has 3 N–H and O–H groups in total. The number of amides is 1. The van der Waals surface area contributed by atoms with E-state index >= 15 is 0 Å². The molecule has 0 spiro atoms. The van der Waals surface area contributed by atoms with Crippen LogP contribution in [0.25, 0.3) is 11.4 Å². The SMILES string of the molecule is COC(=O)[C@@H]1C[C@@H](O)CN1C(=O)Cn1nc(-c2ccccc2)nc1[C@H](C)N.Cl. The van der Waals surface area contributed by atoms with E-state index in [0.29, 0.717) is 11.6 Å². The number of rotatable bonds is 5. The summed E-state index contributed by atoms with van der Waals surface area (Å²) in [5.74, 6) is 0.0440. The van der Waals surface area contributed by atoms with Gasteiger partial charge in [-0.1, -0.05) is 30.3 Å². The maximum absolute atomic E-state index is 12.8. The molecule has 3 atom stereocenters. The number of β-amino-alcohol motifs (C(OH)–C–C–N with tert-alkyl or cyclic N) is 1. The van der Waals surface area contributed by atoms with Crippen molar-refractivity contribution in [1.82, 2.24) is 19.7 Å². The average molecular weight is 410 g/mol. The largest absolute Gasteiger partial charge is 0.467 e. The van der Waals surface area contributed by atoms with E-state index in [-0.39, 0.29) is 37.8 Å². The number of likely N-dealkylation sites (tertiary alicyclic amines) is 1. The summed E-state index contributed by atoms with van der Waals surface area (Å²) >= 11 is 0. The molecule has 152 valence electrons. The van der Waals surface area contributed by atoms with Crippen LogP contribution in [0, 0.1) is 0 Å². The van der Waals surface area contributed by atoms with Gasteiger partial charge in [0.1, 0.15) is 18.4 Å². The lowest BCUT2D eigenvalue weighted by atomic mass is 10.2. The summed E-state index contributed by atoms with van der Waals surface area (Å²) in [4.78, 5) is 30.5. The number of ether oxygens (including phenoxy) is 1. The Bertz CT molecular complexity index is 827. The number of carbonyl (C=O) groups is 2. The van der Waals surface area contributed by atoms with Gasteiger partial charge in [0.05, 0.1) is 19.3 Å². The fraction of sp³-hybridized carbons (Fsp3) is 0.444. The first kappa shape index (κ1) is 21.8. The zero-order valence-corrected chi connectivity index (χ0v) is 16.5. The zero-order chi connectivity index (χ0) is 19.6. The van der Waals surface area contributed by atoms with E-state index in [9.17, 15) is 14.7 Å². The summed E-state index contributed by atoms with van der Waals surface area (Å²) < 4.78 is 6.19. The second-order valence-electron chi connectivity index (χ2n) is 6.58. The second kappa shape index (κ2) is 9.13. The van der Waals surface area contributed by atoms with Crippen molar-refractivity contribution in [3.05, 3.63) is 36.2 Å². The number of halogens is 1. The fourth-order valence-electron chi connectivity index (χ4n) is 3.18. The van der Waals surface area contributed by atoms with Crippen LogP contribution in [0.1, 0.15) is 25.2 Å². The number of benzene rings is 1. The molecule has 0 radical (unpaired) electrons. The number of carbonyl (C=O) groups excluding carboxylic acids is 2. The molecule has 1 saturated heterocycles. The summed E-state index contributed by atoms with van der Waals surface area (Å²) in [6, 6.07) is 8.16. The quantitative estimate of drug-likeness (QED) is 0.690. The first-order valence-corrected chi connectivity index (χ1v) is 8.71. The lowest BCUT2D eigenvalue weighted by molar-refractivity contribution is -0.151. The summed E-state index contributed by atoms with van der Waals surface area (Å²) in [5, 5.41) is 14.3. The Labute approximate surface area is 168 Å². The first-order chi connectivity index (χ1) is 12.9. The molecule has 1 aromatic heterocycles. The molecule has 10 heteroatoms. The highest BCUT2D eigenvalue weighted by Crippen LogP contribution is 2.21. The monoisotopic (exact) mass is 409 g/mol. The van der Waals surface area contributed by atoms with Gasteiger partial charge in [0, 0.05) is 18.5 Å². The van der Waals surface area contributed by atoms with Crippen molar-refractivity contribution in [2.75, 3.05) is 13.7 Å². The third-order valence-electron chi connectivity index (χ3n) is 4.50. The molecule has 2 aromatic rings. The molecule has 0 bridgehead atoms. The maximum atomic E-state index is 12.8. The molecule has 28 heavy (non-hydrogen) atoms. The molecule has 1 aliphatic rings. The first-order valence-electron chi connectivity index (χ1n) is 8.71. The smallest absolute Gasteiger partial charge is 0.328 e. The highest BCUT2D eigenvalue weighted by molar-refractivity contribution is 5.85. The highest BCUT2D eigenvalue weighted by Gasteiger charge is 2.39. The van der Waals surface area contributed by atoms with E-state index in [1.54, 1.807) is 6.92 Å². The van der Waals surface area contributed by atoms with E-state index in [0.717, 1.165) is 5.56 Å². The Balaban J connectivity index is 0.00000280. The molecule has 2 heterocycles. The summed E-state index contributed by atoms with van der Waals surface area (Å²) in [6.45, 7) is 1.71. The molecule has 0 aliphatic carbocycles.